The topological polar surface area (TPSA) is 82.0 Å². The summed E-state index contributed by atoms with van der Waals surface area (Å²) in [6.45, 7) is 0.430. The third-order valence-electron chi connectivity index (χ3n) is 2.28. The van der Waals surface area contributed by atoms with Gasteiger partial charge in [-0.25, -0.2) is 4.98 Å². The van der Waals surface area contributed by atoms with Crippen LogP contribution in [-0.2, 0) is 13.0 Å². The van der Waals surface area contributed by atoms with Crippen molar-refractivity contribution in [1.29, 1.82) is 0 Å². The predicted octanol–water partition coefficient (Wildman–Crippen LogP) is 2.10. The second-order valence-corrected chi connectivity index (χ2v) is 4.73. The molecule has 1 heterocycles. The molecule has 0 radical (unpaired) electrons. The number of thiazole rings is 1. The highest BCUT2D eigenvalue weighted by atomic mass is 32.1. The second-order valence-electron chi connectivity index (χ2n) is 3.53. The average molecular weight is 249 g/mol. The Labute approximate surface area is 102 Å². The Morgan fingerprint density at radius 2 is 2.29 bits per heavy atom. The monoisotopic (exact) mass is 249 g/mol. The standard InChI is InChI=1S/C11H11N3O2S/c12-6-11-13-7-10(17-11)5-8-2-1-3-9(4-8)14(15)16/h1-4,7H,5-6,12H2. The van der Waals surface area contributed by atoms with Crippen molar-refractivity contribution in [2.75, 3.05) is 0 Å². The van der Waals surface area contributed by atoms with Gasteiger partial charge in [-0.3, -0.25) is 10.1 Å². The SMILES string of the molecule is NCc1ncc(Cc2cccc([N+](=O)[O-])c2)s1. The number of non-ortho nitro benzene ring substituents is 1. The highest BCUT2D eigenvalue weighted by molar-refractivity contribution is 7.11. The summed E-state index contributed by atoms with van der Waals surface area (Å²) < 4.78 is 0. The van der Waals surface area contributed by atoms with Crippen LogP contribution < -0.4 is 5.73 Å². The van der Waals surface area contributed by atoms with E-state index in [4.69, 9.17) is 5.73 Å². The quantitative estimate of drug-likeness (QED) is 0.664. The molecule has 0 fully saturated rings. The molecule has 2 aromatic rings. The van der Waals surface area contributed by atoms with E-state index in [1.807, 2.05) is 6.07 Å². The van der Waals surface area contributed by atoms with E-state index in [1.165, 1.54) is 17.4 Å². The summed E-state index contributed by atoms with van der Waals surface area (Å²) >= 11 is 1.54. The van der Waals surface area contributed by atoms with E-state index in [0.717, 1.165) is 15.4 Å². The Morgan fingerprint density at radius 1 is 1.47 bits per heavy atom. The molecule has 0 aliphatic rings. The molecule has 0 atom stereocenters. The molecular weight excluding hydrogens is 238 g/mol. The minimum atomic E-state index is -0.387. The highest BCUT2D eigenvalue weighted by Gasteiger charge is 2.07. The molecule has 5 nitrogen and oxygen atoms in total. The van der Waals surface area contributed by atoms with Crippen LogP contribution in [0.25, 0.3) is 0 Å². The van der Waals surface area contributed by atoms with Crippen LogP contribution in [0.5, 0.6) is 0 Å². The average Bonchev–Trinajstić information content (AvgIpc) is 2.77. The number of nitrogens with zero attached hydrogens (tertiary/aromatic N) is 2. The second kappa shape index (κ2) is 5.03. The Bertz CT molecular complexity index is 539. The molecule has 0 spiro atoms. The van der Waals surface area contributed by atoms with Gasteiger partial charge in [0.2, 0.25) is 0 Å². The smallest absolute Gasteiger partial charge is 0.269 e. The summed E-state index contributed by atoms with van der Waals surface area (Å²) in [5, 5.41) is 11.5. The summed E-state index contributed by atoms with van der Waals surface area (Å²) in [6, 6.07) is 6.64. The minimum Gasteiger partial charge on any atom is -0.325 e. The number of hydrogen-bond acceptors (Lipinski definition) is 5. The molecule has 88 valence electrons. The van der Waals surface area contributed by atoms with Gasteiger partial charge >= 0.3 is 0 Å². The Morgan fingerprint density at radius 3 is 2.94 bits per heavy atom. The zero-order valence-corrected chi connectivity index (χ0v) is 9.81. The molecule has 2 N–H and O–H groups in total. The lowest BCUT2D eigenvalue weighted by Crippen LogP contribution is -1.93. The number of nitro groups is 1. The van der Waals surface area contributed by atoms with Gasteiger partial charge < -0.3 is 5.73 Å². The Hall–Kier alpha value is -1.79. The van der Waals surface area contributed by atoms with Gasteiger partial charge in [0.1, 0.15) is 5.01 Å². The van der Waals surface area contributed by atoms with Gasteiger partial charge in [-0.15, -0.1) is 11.3 Å². The van der Waals surface area contributed by atoms with Crippen molar-refractivity contribution in [3.63, 3.8) is 0 Å². The number of nitrogens with two attached hydrogens (primary N) is 1. The molecule has 0 saturated carbocycles. The maximum absolute atomic E-state index is 10.6. The van der Waals surface area contributed by atoms with E-state index in [-0.39, 0.29) is 10.6 Å². The van der Waals surface area contributed by atoms with Crippen LogP contribution in [0.4, 0.5) is 5.69 Å². The molecule has 1 aromatic carbocycles. The third kappa shape index (κ3) is 2.86. The van der Waals surface area contributed by atoms with Crippen molar-refractivity contribution in [2.24, 2.45) is 5.73 Å². The van der Waals surface area contributed by atoms with Crippen LogP contribution in [0.3, 0.4) is 0 Å². The molecule has 17 heavy (non-hydrogen) atoms. The van der Waals surface area contributed by atoms with Gasteiger partial charge in [-0.2, -0.15) is 0 Å². The largest absolute Gasteiger partial charge is 0.325 e. The first-order valence-electron chi connectivity index (χ1n) is 5.06. The Kier molecular flexibility index (Phi) is 3.46. The van der Waals surface area contributed by atoms with Crippen LogP contribution in [-0.4, -0.2) is 9.91 Å². The molecule has 6 heteroatoms. The normalized spacial score (nSPS) is 10.4. The van der Waals surface area contributed by atoms with Crippen LogP contribution >= 0.6 is 11.3 Å². The van der Waals surface area contributed by atoms with Crippen LogP contribution in [0.2, 0.25) is 0 Å². The van der Waals surface area contributed by atoms with Crippen molar-refractivity contribution < 1.29 is 4.92 Å². The fraction of sp³-hybridized carbons (Fsp3) is 0.182. The summed E-state index contributed by atoms with van der Waals surface area (Å²) in [5.41, 5.74) is 6.50. The minimum absolute atomic E-state index is 0.117. The van der Waals surface area contributed by atoms with Crippen LogP contribution in [0.1, 0.15) is 15.4 Å². The van der Waals surface area contributed by atoms with Crippen molar-refractivity contribution in [3.8, 4) is 0 Å². The lowest BCUT2D eigenvalue weighted by atomic mass is 10.1. The van der Waals surface area contributed by atoms with Gasteiger partial charge in [0.25, 0.3) is 5.69 Å². The predicted molar refractivity (Wildman–Crippen MR) is 65.9 cm³/mol. The van der Waals surface area contributed by atoms with E-state index in [2.05, 4.69) is 4.98 Å². The van der Waals surface area contributed by atoms with Crippen LogP contribution in [0, 0.1) is 10.1 Å². The lowest BCUT2D eigenvalue weighted by Gasteiger charge is -1.98. The van der Waals surface area contributed by atoms with Crippen molar-refractivity contribution in [3.05, 3.63) is 56.0 Å². The van der Waals surface area contributed by atoms with E-state index in [9.17, 15) is 10.1 Å². The molecule has 2 rings (SSSR count). The first kappa shape index (κ1) is 11.7. The van der Waals surface area contributed by atoms with E-state index < -0.39 is 0 Å². The summed E-state index contributed by atoms with van der Waals surface area (Å²) in [4.78, 5) is 15.5. The van der Waals surface area contributed by atoms with Gasteiger partial charge in [0, 0.05) is 36.2 Å². The summed E-state index contributed by atoms with van der Waals surface area (Å²) in [7, 11) is 0. The third-order valence-corrected chi connectivity index (χ3v) is 3.30. The van der Waals surface area contributed by atoms with E-state index in [1.54, 1.807) is 18.3 Å². The number of nitro benzene ring substituents is 1. The van der Waals surface area contributed by atoms with Gasteiger partial charge in [-0.1, -0.05) is 12.1 Å². The van der Waals surface area contributed by atoms with Crippen molar-refractivity contribution in [2.45, 2.75) is 13.0 Å². The molecule has 0 bridgehead atoms. The van der Waals surface area contributed by atoms with Gasteiger partial charge in [0.05, 0.1) is 4.92 Å². The summed E-state index contributed by atoms with van der Waals surface area (Å²) in [5.74, 6) is 0. The van der Waals surface area contributed by atoms with E-state index in [0.29, 0.717) is 13.0 Å². The van der Waals surface area contributed by atoms with Crippen LogP contribution in [0.15, 0.2) is 30.5 Å². The van der Waals surface area contributed by atoms with E-state index >= 15 is 0 Å². The molecule has 0 saturated heterocycles. The van der Waals surface area contributed by atoms with Gasteiger partial charge in [0.15, 0.2) is 0 Å². The number of rotatable bonds is 4. The Balaban J connectivity index is 2.18. The number of benzene rings is 1. The zero-order valence-electron chi connectivity index (χ0n) is 9.00. The molecule has 0 aliphatic carbocycles. The molecule has 0 amide bonds. The first-order valence-corrected chi connectivity index (χ1v) is 5.87. The lowest BCUT2D eigenvalue weighted by molar-refractivity contribution is -0.384. The maximum atomic E-state index is 10.6. The molecule has 1 aromatic heterocycles. The zero-order chi connectivity index (χ0) is 12.3. The summed E-state index contributed by atoms with van der Waals surface area (Å²) in [6.07, 6.45) is 2.42. The highest BCUT2D eigenvalue weighted by Crippen LogP contribution is 2.19. The maximum Gasteiger partial charge on any atom is 0.269 e. The number of hydrogen-bond donors (Lipinski definition) is 1. The van der Waals surface area contributed by atoms with Crippen molar-refractivity contribution >= 4 is 17.0 Å². The van der Waals surface area contributed by atoms with Crippen molar-refractivity contribution in [1.82, 2.24) is 4.98 Å². The fourth-order valence-electron chi connectivity index (χ4n) is 1.51. The van der Waals surface area contributed by atoms with Gasteiger partial charge in [-0.05, 0) is 5.56 Å². The molecule has 0 aliphatic heterocycles. The fourth-order valence-corrected chi connectivity index (χ4v) is 2.34. The molecule has 0 unspecified atom stereocenters. The molecular formula is C11H11N3O2S. The first-order chi connectivity index (χ1) is 8.19. The number of aromatic nitrogens is 1.